The molecule has 0 radical (unpaired) electrons. The van der Waals surface area contributed by atoms with Crippen LogP contribution in [0.2, 0.25) is 0 Å². The van der Waals surface area contributed by atoms with Gasteiger partial charge in [0.15, 0.2) is 11.6 Å². The van der Waals surface area contributed by atoms with Crippen molar-refractivity contribution in [3.8, 4) is 11.5 Å². The third-order valence-corrected chi connectivity index (χ3v) is 5.22. The molecule has 0 amide bonds. The largest absolute Gasteiger partial charge is 0.457 e. The van der Waals surface area contributed by atoms with Gasteiger partial charge in [0.25, 0.3) is 0 Å². The van der Waals surface area contributed by atoms with E-state index < -0.39 is 0 Å². The maximum Gasteiger partial charge on any atom is 0.159 e. The van der Waals surface area contributed by atoms with E-state index >= 15 is 0 Å². The summed E-state index contributed by atoms with van der Waals surface area (Å²) >= 11 is 0. The van der Waals surface area contributed by atoms with Crippen molar-refractivity contribution >= 4 is 11.6 Å². The Morgan fingerprint density at radius 1 is 0.900 bits per heavy atom. The average Bonchev–Trinajstić information content (AvgIpc) is 3.34. The molecule has 4 nitrogen and oxygen atoms in total. The molecule has 1 fully saturated rings. The Hall–Kier alpha value is -2.72. The number of hydrogen-bond acceptors (Lipinski definition) is 4. The first-order chi connectivity index (χ1) is 14.1. The second-order valence-corrected chi connectivity index (χ2v) is 8.15. The van der Waals surface area contributed by atoms with E-state index in [0.29, 0.717) is 28.7 Å². The van der Waals surface area contributed by atoms with Gasteiger partial charge in [-0.05, 0) is 103 Å². The van der Waals surface area contributed by atoms with Crippen LogP contribution in [-0.2, 0) is 4.74 Å². The molecule has 1 atom stereocenters. The fourth-order valence-electron chi connectivity index (χ4n) is 2.89. The lowest BCUT2D eigenvalue weighted by Crippen LogP contribution is -2.02. The highest BCUT2D eigenvalue weighted by molar-refractivity contribution is 5.94. The van der Waals surface area contributed by atoms with Gasteiger partial charge in [0.2, 0.25) is 0 Å². The molecule has 0 spiro atoms. The first-order valence-electron chi connectivity index (χ1n) is 10.3. The van der Waals surface area contributed by atoms with Crippen molar-refractivity contribution in [1.29, 1.82) is 0 Å². The lowest BCUT2D eigenvalue weighted by molar-refractivity contribution is 0.100. The van der Waals surface area contributed by atoms with Crippen LogP contribution in [0.5, 0.6) is 11.5 Å². The molecule has 0 bridgehead atoms. The summed E-state index contributed by atoms with van der Waals surface area (Å²) in [6, 6.07) is 13.9. The van der Waals surface area contributed by atoms with Crippen LogP contribution in [0.15, 0.2) is 60.2 Å². The van der Waals surface area contributed by atoms with Crippen molar-refractivity contribution in [2.24, 2.45) is 0 Å². The zero-order chi connectivity index (χ0) is 22.3. The molecule has 2 aromatic carbocycles. The zero-order valence-electron chi connectivity index (χ0n) is 18.8. The lowest BCUT2D eigenvalue weighted by Gasteiger charge is -2.06. The Bertz CT molecular complexity index is 834. The molecule has 1 heterocycles. The van der Waals surface area contributed by atoms with Gasteiger partial charge in [-0.2, -0.15) is 0 Å². The topological polar surface area (TPSA) is 55.9 Å². The molecule has 4 heteroatoms. The minimum Gasteiger partial charge on any atom is -0.457 e. The molecular formula is C26H32O4. The highest BCUT2D eigenvalue weighted by Crippen LogP contribution is 2.38. The minimum absolute atomic E-state index is 0.0253. The van der Waals surface area contributed by atoms with Gasteiger partial charge in [-0.25, -0.2) is 0 Å². The summed E-state index contributed by atoms with van der Waals surface area (Å²) < 4.78 is 11.1. The van der Waals surface area contributed by atoms with E-state index in [0.717, 1.165) is 0 Å². The molecule has 1 aliphatic rings. The number of carbonyl (C=O) groups excluding carboxylic acids is 2. The summed E-state index contributed by atoms with van der Waals surface area (Å²) in [5.41, 5.74) is 2.95. The number of benzene rings is 2. The van der Waals surface area contributed by atoms with Crippen LogP contribution in [-0.4, -0.2) is 23.3 Å². The zero-order valence-corrected chi connectivity index (χ0v) is 18.8. The van der Waals surface area contributed by atoms with Gasteiger partial charge in [-0.3, -0.25) is 9.59 Å². The highest BCUT2D eigenvalue weighted by Gasteiger charge is 2.46. The lowest BCUT2D eigenvalue weighted by atomic mass is 10.0. The van der Waals surface area contributed by atoms with Crippen molar-refractivity contribution in [1.82, 2.24) is 0 Å². The Kier molecular flexibility index (Phi) is 8.13. The van der Waals surface area contributed by atoms with Crippen molar-refractivity contribution in [2.75, 3.05) is 0 Å². The number of ether oxygens (including phenoxy) is 2. The van der Waals surface area contributed by atoms with Gasteiger partial charge >= 0.3 is 0 Å². The maximum atomic E-state index is 11.1. The van der Waals surface area contributed by atoms with Crippen molar-refractivity contribution < 1.29 is 19.1 Å². The summed E-state index contributed by atoms with van der Waals surface area (Å²) in [5, 5.41) is 0. The molecule has 30 heavy (non-hydrogen) atoms. The predicted molar refractivity (Wildman–Crippen MR) is 121 cm³/mol. The average molecular weight is 409 g/mol. The van der Waals surface area contributed by atoms with E-state index in [-0.39, 0.29) is 17.2 Å². The fraction of sp³-hybridized carbons (Fsp3) is 0.385. The van der Waals surface area contributed by atoms with Crippen LogP contribution < -0.4 is 4.74 Å². The van der Waals surface area contributed by atoms with E-state index in [9.17, 15) is 9.59 Å². The number of carbonyl (C=O) groups is 2. The number of hydrogen-bond donors (Lipinski definition) is 0. The molecule has 2 aromatic rings. The van der Waals surface area contributed by atoms with Gasteiger partial charge in [0, 0.05) is 11.1 Å². The normalized spacial score (nSPS) is 16.9. The summed E-state index contributed by atoms with van der Waals surface area (Å²) in [6.07, 6.45) is 5.06. The molecule has 160 valence electrons. The third-order valence-electron chi connectivity index (χ3n) is 5.22. The van der Waals surface area contributed by atoms with E-state index in [1.165, 1.54) is 32.3 Å². The van der Waals surface area contributed by atoms with Crippen molar-refractivity contribution in [3.63, 3.8) is 0 Å². The molecule has 1 aliphatic heterocycles. The van der Waals surface area contributed by atoms with E-state index in [4.69, 9.17) is 9.47 Å². The predicted octanol–water partition coefficient (Wildman–Crippen LogP) is 6.79. The minimum atomic E-state index is 0.0253. The van der Waals surface area contributed by atoms with E-state index in [2.05, 4.69) is 33.8 Å². The SMILES string of the molecule is CC(=O)c1ccc(Oc2ccc(C(C)=O)cc2)cc1.CC=C(C)CCC1OC1(C)C. The van der Waals surface area contributed by atoms with Gasteiger partial charge in [-0.1, -0.05) is 11.6 Å². The van der Waals surface area contributed by atoms with Crippen molar-refractivity contribution in [3.05, 3.63) is 71.3 Å². The van der Waals surface area contributed by atoms with Gasteiger partial charge in [0.05, 0.1) is 11.7 Å². The Morgan fingerprint density at radius 2 is 1.30 bits per heavy atom. The molecular weight excluding hydrogens is 376 g/mol. The molecule has 1 saturated heterocycles. The summed E-state index contributed by atoms with van der Waals surface area (Å²) in [6.45, 7) is 11.6. The Morgan fingerprint density at radius 3 is 1.60 bits per heavy atom. The molecule has 0 N–H and O–H groups in total. The van der Waals surface area contributed by atoms with Crippen LogP contribution in [0.1, 0.15) is 75.1 Å². The monoisotopic (exact) mass is 408 g/mol. The number of ketones is 2. The van der Waals surface area contributed by atoms with Gasteiger partial charge in [0.1, 0.15) is 11.5 Å². The second kappa shape index (κ2) is 10.4. The first-order valence-corrected chi connectivity index (χ1v) is 10.3. The van der Waals surface area contributed by atoms with Crippen LogP contribution >= 0.6 is 0 Å². The maximum absolute atomic E-state index is 11.1. The smallest absolute Gasteiger partial charge is 0.159 e. The van der Waals surface area contributed by atoms with Gasteiger partial charge < -0.3 is 9.47 Å². The summed E-state index contributed by atoms with van der Waals surface area (Å²) in [7, 11) is 0. The second-order valence-electron chi connectivity index (χ2n) is 8.15. The van der Waals surface area contributed by atoms with E-state index in [1.807, 2.05) is 0 Å². The molecule has 3 rings (SSSR count). The number of rotatable bonds is 7. The van der Waals surface area contributed by atoms with Crippen LogP contribution in [0, 0.1) is 0 Å². The number of allylic oxidation sites excluding steroid dienone is 2. The van der Waals surface area contributed by atoms with Crippen LogP contribution in [0.25, 0.3) is 0 Å². The molecule has 0 saturated carbocycles. The fourth-order valence-corrected chi connectivity index (χ4v) is 2.89. The summed E-state index contributed by atoms with van der Waals surface area (Å²) in [5.74, 6) is 1.36. The Balaban J connectivity index is 0.000000248. The van der Waals surface area contributed by atoms with Crippen LogP contribution in [0.4, 0.5) is 0 Å². The van der Waals surface area contributed by atoms with E-state index in [1.54, 1.807) is 48.5 Å². The first kappa shape index (κ1) is 23.6. The molecule has 1 unspecified atom stereocenters. The molecule has 0 aliphatic carbocycles. The number of Topliss-reactive ketones (excluding diaryl/α,β-unsaturated/α-hetero) is 2. The quantitative estimate of drug-likeness (QED) is 0.287. The third kappa shape index (κ3) is 7.27. The summed E-state index contributed by atoms with van der Waals surface area (Å²) in [4.78, 5) is 22.3. The molecule has 0 aromatic heterocycles. The highest BCUT2D eigenvalue weighted by atomic mass is 16.6. The standard InChI is InChI=1S/C16H14O3.C10H18O/c1-11(17)13-3-7-15(8-4-13)19-16-9-5-14(6-10-16)12(2)18;1-5-8(2)6-7-9-10(3,4)11-9/h3-10H,1-2H3;5,9H,6-7H2,1-4H3. The Labute approximate surface area is 179 Å². The number of epoxide rings is 1. The van der Waals surface area contributed by atoms with Crippen molar-refractivity contribution in [2.45, 2.75) is 66.1 Å². The van der Waals surface area contributed by atoms with Crippen LogP contribution in [0.3, 0.4) is 0 Å². The van der Waals surface area contributed by atoms with Gasteiger partial charge in [-0.15, -0.1) is 0 Å².